The minimum absolute atomic E-state index is 0.375. The molecule has 0 amide bonds. The number of halogens is 1. The highest BCUT2D eigenvalue weighted by molar-refractivity contribution is 6.31. The minimum Gasteiger partial charge on any atom is -0.397 e. The van der Waals surface area contributed by atoms with Gasteiger partial charge in [0.2, 0.25) is 0 Å². The van der Waals surface area contributed by atoms with Gasteiger partial charge in [-0.15, -0.1) is 0 Å². The van der Waals surface area contributed by atoms with Crippen LogP contribution < -0.4 is 5.73 Å². The molecular weight excluding hydrogens is 198 g/mol. The molecule has 0 fully saturated rings. The van der Waals surface area contributed by atoms with Crippen molar-refractivity contribution in [2.24, 2.45) is 0 Å². The Balaban J connectivity index is 2.88. The van der Waals surface area contributed by atoms with E-state index in [4.69, 9.17) is 22.6 Å². The fraction of sp³-hybridized carbons (Fsp3) is 0. The van der Waals surface area contributed by atoms with E-state index in [2.05, 4.69) is 4.98 Å². The highest BCUT2D eigenvalue weighted by Gasteiger charge is 2.05. The first-order valence-corrected chi connectivity index (χ1v) is 4.34. The van der Waals surface area contributed by atoms with Crippen LogP contribution in [0.5, 0.6) is 0 Å². The molecule has 1 aromatic carbocycles. The number of pyridine rings is 1. The number of nitrogens with zero attached hydrogens (tertiary/aromatic N) is 2. The fourth-order valence-electron chi connectivity index (χ4n) is 1.27. The van der Waals surface area contributed by atoms with Gasteiger partial charge in [-0.2, -0.15) is 5.26 Å². The lowest BCUT2D eigenvalue weighted by Crippen LogP contribution is -1.93. The number of hydrogen-bond acceptors (Lipinski definition) is 3. The second-order valence-corrected chi connectivity index (χ2v) is 3.30. The SMILES string of the molecule is N#Cc1cnc2ccc(Cl)cc2c1N. The van der Waals surface area contributed by atoms with Gasteiger partial charge in [0.05, 0.1) is 16.8 Å². The molecule has 0 spiro atoms. The van der Waals surface area contributed by atoms with Crippen LogP contribution in [0.25, 0.3) is 10.9 Å². The number of anilines is 1. The average molecular weight is 204 g/mol. The van der Waals surface area contributed by atoms with Crippen molar-refractivity contribution in [3.05, 3.63) is 35.0 Å². The molecule has 0 saturated heterocycles. The number of nitrogens with two attached hydrogens (primary N) is 1. The highest BCUT2D eigenvalue weighted by atomic mass is 35.5. The van der Waals surface area contributed by atoms with Crippen LogP contribution in [0.2, 0.25) is 5.02 Å². The van der Waals surface area contributed by atoms with Crippen LogP contribution in [0, 0.1) is 11.3 Å². The first kappa shape index (κ1) is 8.79. The average Bonchev–Trinajstić information content (AvgIpc) is 2.20. The molecule has 2 N–H and O–H groups in total. The third kappa shape index (κ3) is 1.26. The zero-order valence-electron chi connectivity index (χ0n) is 7.16. The van der Waals surface area contributed by atoms with E-state index in [9.17, 15) is 0 Å². The molecule has 0 aliphatic carbocycles. The summed E-state index contributed by atoms with van der Waals surface area (Å²) in [4.78, 5) is 4.09. The molecule has 3 nitrogen and oxygen atoms in total. The quantitative estimate of drug-likeness (QED) is 0.715. The first-order chi connectivity index (χ1) is 6.72. The number of fused-ring (bicyclic) bond motifs is 1. The van der Waals surface area contributed by atoms with Gasteiger partial charge in [-0.05, 0) is 18.2 Å². The van der Waals surface area contributed by atoms with Crippen LogP contribution in [-0.4, -0.2) is 4.98 Å². The van der Waals surface area contributed by atoms with Crippen molar-refractivity contribution >= 4 is 28.2 Å². The molecule has 14 heavy (non-hydrogen) atoms. The minimum atomic E-state index is 0.375. The monoisotopic (exact) mass is 203 g/mol. The van der Waals surface area contributed by atoms with Crippen molar-refractivity contribution < 1.29 is 0 Å². The van der Waals surface area contributed by atoms with Crippen molar-refractivity contribution in [3.63, 3.8) is 0 Å². The van der Waals surface area contributed by atoms with E-state index in [0.717, 1.165) is 10.9 Å². The number of aromatic nitrogens is 1. The zero-order valence-corrected chi connectivity index (χ0v) is 7.92. The van der Waals surface area contributed by atoms with Crippen LogP contribution in [0.1, 0.15) is 5.56 Å². The molecule has 0 aliphatic rings. The summed E-state index contributed by atoms with van der Waals surface area (Å²) in [6, 6.07) is 7.20. The Morgan fingerprint density at radius 1 is 1.43 bits per heavy atom. The van der Waals surface area contributed by atoms with Crippen LogP contribution in [0.3, 0.4) is 0 Å². The largest absolute Gasteiger partial charge is 0.397 e. The molecule has 2 aromatic rings. The normalized spacial score (nSPS) is 10.0. The summed E-state index contributed by atoms with van der Waals surface area (Å²) in [6.45, 7) is 0. The van der Waals surface area contributed by atoms with Crippen molar-refractivity contribution in [1.82, 2.24) is 4.98 Å². The summed E-state index contributed by atoms with van der Waals surface area (Å²) >= 11 is 5.82. The van der Waals surface area contributed by atoms with E-state index in [1.54, 1.807) is 18.2 Å². The third-order valence-electron chi connectivity index (χ3n) is 1.99. The molecule has 1 heterocycles. The maximum atomic E-state index is 8.74. The lowest BCUT2D eigenvalue weighted by Gasteiger charge is -2.02. The van der Waals surface area contributed by atoms with Crippen LogP contribution in [0.4, 0.5) is 5.69 Å². The summed E-state index contributed by atoms with van der Waals surface area (Å²) in [5.74, 6) is 0. The predicted molar refractivity (Wildman–Crippen MR) is 55.9 cm³/mol. The fourth-order valence-corrected chi connectivity index (χ4v) is 1.45. The summed E-state index contributed by atoms with van der Waals surface area (Å²) in [7, 11) is 0. The van der Waals surface area contributed by atoms with E-state index in [-0.39, 0.29) is 0 Å². The lowest BCUT2D eigenvalue weighted by molar-refractivity contribution is 1.37. The van der Waals surface area contributed by atoms with E-state index in [1.807, 2.05) is 6.07 Å². The smallest absolute Gasteiger partial charge is 0.103 e. The summed E-state index contributed by atoms with van der Waals surface area (Å²) in [6.07, 6.45) is 1.46. The van der Waals surface area contributed by atoms with E-state index >= 15 is 0 Å². The van der Waals surface area contributed by atoms with Gasteiger partial charge in [0, 0.05) is 16.6 Å². The van der Waals surface area contributed by atoms with Gasteiger partial charge < -0.3 is 5.73 Å². The van der Waals surface area contributed by atoms with Crippen molar-refractivity contribution in [1.29, 1.82) is 5.26 Å². The number of benzene rings is 1. The van der Waals surface area contributed by atoms with Crippen LogP contribution in [0.15, 0.2) is 24.4 Å². The molecule has 2 rings (SSSR count). The van der Waals surface area contributed by atoms with Crippen LogP contribution in [-0.2, 0) is 0 Å². The maximum Gasteiger partial charge on any atom is 0.103 e. The Morgan fingerprint density at radius 3 is 2.93 bits per heavy atom. The second-order valence-electron chi connectivity index (χ2n) is 2.86. The molecule has 0 unspecified atom stereocenters. The Morgan fingerprint density at radius 2 is 2.21 bits per heavy atom. The molecule has 0 aliphatic heterocycles. The summed E-state index contributed by atoms with van der Waals surface area (Å²) in [5, 5.41) is 10.0. The van der Waals surface area contributed by atoms with Crippen molar-refractivity contribution in [3.8, 4) is 6.07 Å². The lowest BCUT2D eigenvalue weighted by atomic mass is 10.1. The number of nitriles is 1. The zero-order chi connectivity index (χ0) is 10.1. The first-order valence-electron chi connectivity index (χ1n) is 3.96. The van der Waals surface area contributed by atoms with Gasteiger partial charge in [0.15, 0.2) is 0 Å². The Labute approximate surface area is 85.7 Å². The van der Waals surface area contributed by atoms with Gasteiger partial charge in [0.1, 0.15) is 6.07 Å². The molecular formula is C10H6ClN3. The predicted octanol–water partition coefficient (Wildman–Crippen LogP) is 2.34. The molecule has 4 heteroatoms. The van der Waals surface area contributed by atoms with E-state index in [0.29, 0.717) is 16.3 Å². The van der Waals surface area contributed by atoms with E-state index < -0.39 is 0 Å². The number of hydrogen-bond donors (Lipinski definition) is 1. The standard InChI is InChI=1S/C10H6ClN3/c11-7-1-2-9-8(3-7)10(13)6(4-12)5-14-9/h1-3,5H,(H2,13,14). The molecule has 68 valence electrons. The van der Waals surface area contributed by atoms with Gasteiger partial charge in [0.25, 0.3) is 0 Å². The highest BCUT2D eigenvalue weighted by Crippen LogP contribution is 2.25. The van der Waals surface area contributed by atoms with Gasteiger partial charge in [-0.3, -0.25) is 4.98 Å². The summed E-state index contributed by atoms with van der Waals surface area (Å²) < 4.78 is 0. The van der Waals surface area contributed by atoms with Crippen molar-refractivity contribution in [2.45, 2.75) is 0 Å². The molecule has 0 radical (unpaired) electrons. The number of rotatable bonds is 0. The maximum absolute atomic E-state index is 8.74. The Kier molecular flexibility index (Phi) is 1.99. The Bertz CT molecular complexity index is 543. The molecule has 0 saturated carbocycles. The van der Waals surface area contributed by atoms with Crippen LogP contribution >= 0.6 is 11.6 Å². The molecule has 1 aromatic heterocycles. The van der Waals surface area contributed by atoms with E-state index in [1.165, 1.54) is 6.20 Å². The third-order valence-corrected chi connectivity index (χ3v) is 2.23. The topological polar surface area (TPSA) is 62.7 Å². The number of nitrogen functional groups attached to an aromatic ring is 1. The van der Waals surface area contributed by atoms with Gasteiger partial charge in [-0.25, -0.2) is 0 Å². The molecule has 0 atom stereocenters. The second kappa shape index (κ2) is 3.17. The van der Waals surface area contributed by atoms with Gasteiger partial charge >= 0.3 is 0 Å². The Hall–Kier alpha value is -1.79. The molecule has 0 bridgehead atoms. The van der Waals surface area contributed by atoms with Crippen molar-refractivity contribution in [2.75, 3.05) is 5.73 Å². The summed E-state index contributed by atoms with van der Waals surface area (Å²) in [5.41, 5.74) is 7.32. The van der Waals surface area contributed by atoms with Gasteiger partial charge in [-0.1, -0.05) is 11.6 Å².